The minimum absolute atomic E-state index is 0.00684. The molecular formula is C36H41FN6O2. The van der Waals surface area contributed by atoms with Crippen LogP contribution in [0.25, 0.3) is 10.8 Å². The zero-order chi connectivity index (χ0) is 31.8. The molecule has 0 radical (unpaired) electrons. The molecule has 1 fully saturated rings. The predicted octanol–water partition coefficient (Wildman–Crippen LogP) is 4.48. The highest BCUT2D eigenvalue weighted by atomic mass is 19.1. The summed E-state index contributed by atoms with van der Waals surface area (Å²) < 4.78 is 17.6. The number of rotatable bonds is 11. The zero-order valence-corrected chi connectivity index (χ0v) is 25.5. The molecule has 1 aliphatic rings. The molecule has 0 saturated carbocycles. The maximum absolute atomic E-state index is 17.6. The van der Waals surface area contributed by atoms with Crippen molar-refractivity contribution >= 4 is 28.5 Å². The van der Waals surface area contributed by atoms with E-state index in [0.717, 1.165) is 10.8 Å². The van der Waals surface area contributed by atoms with E-state index in [1.54, 1.807) is 36.1 Å². The van der Waals surface area contributed by atoms with Crippen molar-refractivity contribution in [2.45, 2.75) is 50.0 Å². The lowest BCUT2D eigenvalue weighted by Crippen LogP contribution is -2.54. The van der Waals surface area contributed by atoms with Crippen molar-refractivity contribution in [1.29, 1.82) is 0 Å². The van der Waals surface area contributed by atoms with Gasteiger partial charge in [0.15, 0.2) is 11.6 Å². The highest BCUT2D eigenvalue weighted by Crippen LogP contribution is 2.40. The largest absolute Gasteiger partial charge is 0.370 e. The smallest absolute Gasteiger partial charge is 0.251 e. The number of carbonyl (C=O) groups excluding carboxylic acids is 2. The minimum atomic E-state index is -1.95. The third kappa shape index (κ3) is 7.32. The van der Waals surface area contributed by atoms with Gasteiger partial charge < -0.3 is 27.0 Å². The van der Waals surface area contributed by atoms with Crippen molar-refractivity contribution in [3.05, 3.63) is 120 Å². The van der Waals surface area contributed by atoms with E-state index in [4.69, 9.17) is 11.5 Å². The number of hydrogen-bond donors (Lipinski definition) is 4. The molecule has 0 spiro atoms. The van der Waals surface area contributed by atoms with Crippen LogP contribution in [0.2, 0.25) is 0 Å². The molecule has 4 aromatic carbocycles. The first-order valence-electron chi connectivity index (χ1n) is 15.5. The molecule has 0 aliphatic carbocycles. The number of hydrogen-bond acceptors (Lipinski definition) is 4. The highest BCUT2D eigenvalue weighted by Gasteiger charge is 2.46. The van der Waals surface area contributed by atoms with Gasteiger partial charge in [-0.1, -0.05) is 91.0 Å². The first-order valence-corrected chi connectivity index (χ1v) is 15.5. The summed E-state index contributed by atoms with van der Waals surface area (Å²) in [6, 6.07) is 29.9. The Bertz CT molecular complexity index is 1590. The van der Waals surface area contributed by atoms with Gasteiger partial charge in [-0.3, -0.25) is 14.6 Å². The van der Waals surface area contributed by atoms with E-state index in [0.29, 0.717) is 55.6 Å². The molecule has 0 aromatic heterocycles. The molecule has 9 heteroatoms. The average molecular weight is 609 g/mol. The monoisotopic (exact) mass is 608 g/mol. The normalized spacial score (nSPS) is 17.8. The fraction of sp³-hybridized carbons (Fsp3) is 0.306. The Balaban J connectivity index is 1.38. The van der Waals surface area contributed by atoms with Gasteiger partial charge in [-0.15, -0.1) is 0 Å². The quantitative estimate of drug-likeness (QED) is 0.114. The first kappa shape index (κ1) is 31.7. The molecular weight excluding hydrogens is 567 g/mol. The molecule has 3 atom stereocenters. The number of benzene rings is 4. The Morgan fingerprint density at radius 2 is 1.60 bits per heavy atom. The Morgan fingerprint density at radius 3 is 2.24 bits per heavy atom. The van der Waals surface area contributed by atoms with E-state index in [1.807, 2.05) is 78.9 Å². The summed E-state index contributed by atoms with van der Waals surface area (Å²) in [6.07, 6.45) is 1.53. The summed E-state index contributed by atoms with van der Waals surface area (Å²) in [5, 5.41) is 8.56. The number of fused-ring (bicyclic) bond motifs is 1. The van der Waals surface area contributed by atoms with E-state index in [9.17, 15) is 9.59 Å². The molecule has 6 N–H and O–H groups in total. The molecule has 0 bridgehead atoms. The maximum atomic E-state index is 17.6. The van der Waals surface area contributed by atoms with Crippen LogP contribution < -0.4 is 22.1 Å². The molecule has 5 rings (SSSR count). The van der Waals surface area contributed by atoms with Crippen molar-refractivity contribution in [3.63, 3.8) is 0 Å². The summed E-state index contributed by atoms with van der Waals surface area (Å²) in [6.45, 7) is 2.77. The minimum Gasteiger partial charge on any atom is -0.370 e. The van der Waals surface area contributed by atoms with Crippen LogP contribution in [0.3, 0.4) is 0 Å². The van der Waals surface area contributed by atoms with Gasteiger partial charge in [0.25, 0.3) is 5.91 Å². The van der Waals surface area contributed by atoms with E-state index in [2.05, 4.69) is 15.6 Å². The lowest BCUT2D eigenvalue weighted by molar-refractivity contribution is -0.137. The molecule has 4 aromatic rings. The zero-order valence-electron chi connectivity index (χ0n) is 25.5. The van der Waals surface area contributed by atoms with Crippen molar-refractivity contribution in [1.82, 2.24) is 15.5 Å². The molecule has 8 nitrogen and oxygen atoms in total. The SMILES string of the molecule is C[C@@H](N1CC[C@@H](CNC(=O)c2ccc3ccccc3c2)N[C@@H](CCCN=C(N)N)C1=O)C(F)(c1ccccc1)c1ccccc1. The Kier molecular flexibility index (Phi) is 10.1. The third-order valence-electron chi connectivity index (χ3n) is 8.63. The number of guanidine groups is 1. The summed E-state index contributed by atoms with van der Waals surface area (Å²) in [4.78, 5) is 33.1. The Labute approximate surface area is 263 Å². The van der Waals surface area contributed by atoms with E-state index in [1.165, 1.54) is 0 Å². The number of alkyl halides is 1. The van der Waals surface area contributed by atoms with Crippen molar-refractivity contribution in [2.75, 3.05) is 19.6 Å². The summed E-state index contributed by atoms with van der Waals surface area (Å²) in [5.74, 6) is -0.388. The number of aliphatic imine (C=N–C) groups is 1. The van der Waals surface area contributed by atoms with E-state index < -0.39 is 17.8 Å². The van der Waals surface area contributed by atoms with Gasteiger partial charge in [0.2, 0.25) is 5.91 Å². The number of nitrogens with one attached hydrogen (secondary N) is 2. The Morgan fingerprint density at radius 1 is 0.978 bits per heavy atom. The van der Waals surface area contributed by atoms with Crippen molar-refractivity contribution < 1.29 is 14.0 Å². The van der Waals surface area contributed by atoms with Crippen LogP contribution >= 0.6 is 0 Å². The van der Waals surface area contributed by atoms with Gasteiger partial charge in [0, 0.05) is 31.2 Å². The van der Waals surface area contributed by atoms with Crippen molar-refractivity contribution in [3.8, 4) is 0 Å². The van der Waals surface area contributed by atoms with Gasteiger partial charge >= 0.3 is 0 Å². The topological polar surface area (TPSA) is 126 Å². The fourth-order valence-electron chi connectivity index (χ4n) is 6.17. The van der Waals surface area contributed by atoms with Gasteiger partial charge in [-0.2, -0.15) is 0 Å². The maximum Gasteiger partial charge on any atom is 0.251 e. The van der Waals surface area contributed by atoms with Crippen LogP contribution in [-0.2, 0) is 10.5 Å². The Hall–Kier alpha value is -4.76. The van der Waals surface area contributed by atoms with Gasteiger partial charge in [0.1, 0.15) is 0 Å². The highest BCUT2D eigenvalue weighted by molar-refractivity contribution is 5.98. The number of amides is 2. The van der Waals surface area contributed by atoms with Gasteiger partial charge in [-0.05, 0) is 60.2 Å². The van der Waals surface area contributed by atoms with Gasteiger partial charge in [-0.25, -0.2) is 4.39 Å². The van der Waals surface area contributed by atoms with Crippen LogP contribution in [0.1, 0.15) is 47.7 Å². The first-order chi connectivity index (χ1) is 21.8. The van der Waals surface area contributed by atoms with Gasteiger partial charge in [0.05, 0.1) is 12.1 Å². The van der Waals surface area contributed by atoms with E-state index in [-0.39, 0.29) is 23.8 Å². The second-order valence-corrected chi connectivity index (χ2v) is 11.6. The fourth-order valence-corrected chi connectivity index (χ4v) is 6.17. The van der Waals surface area contributed by atoms with Crippen LogP contribution in [-0.4, -0.2) is 60.4 Å². The van der Waals surface area contributed by atoms with Crippen LogP contribution in [0, 0.1) is 0 Å². The van der Waals surface area contributed by atoms with Crippen molar-refractivity contribution in [2.24, 2.45) is 16.5 Å². The van der Waals surface area contributed by atoms with Crippen LogP contribution in [0.4, 0.5) is 4.39 Å². The second kappa shape index (κ2) is 14.3. The molecule has 1 heterocycles. The number of nitrogens with zero attached hydrogens (tertiary/aromatic N) is 2. The number of nitrogens with two attached hydrogens (primary N) is 2. The lowest BCUT2D eigenvalue weighted by Gasteiger charge is -2.40. The van der Waals surface area contributed by atoms with Crippen LogP contribution in [0.5, 0.6) is 0 Å². The lowest BCUT2D eigenvalue weighted by atomic mass is 9.81. The molecule has 0 unspecified atom stereocenters. The number of carbonyl (C=O) groups is 2. The predicted molar refractivity (Wildman–Crippen MR) is 177 cm³/mol. The average Bonchev–Trinajstić information content (AvgIpc) is 3.23. The molecule has 2 amide bonds. The second-order valence-electron chi connectivity index (χ2n) is 11.6. The summed E-state index contributed by atoms with van der Waals surface area (Å²) in [7, 11) is 0. The summed E-state index contributed by atoms with van der Waals surface area (Å²) in [5.41, 5.74) is 10.6. The standard InChI is InChI=1S/C36H41FN6O2/c1-25(36(37,29-13-4-2-5-14-29)30-15-6-3-7-16-30)43-22-20-31(42-32(34(43)45)17-10-21-40-35(38)39)24-41-33(44)28-19-18-26-11-8-9-12-27(26)23-28/h2-9,11-16,18-19,23,25,31-32,42H,10,17,20-22,24H2,1H3,(H,41,44)(H4,38,39,40)/t25-,31+,32+/m1/s1. The van der Waals surface area contributed by atoms with Crippen LogP contribution in [0.15, 0.2) is 108 Å². The number of halogens is 1. The third-order valence-corrected chi connectivity index (χ3v) is 8.63. The molecule has 234 valence electrons. The summed E-state index contributed by atoms with van der Waals surface area (Å²) >= 11 is 0. The molecule has 45 heavy (non-hydrogen) atoms. The molecule has 1 saturated heterocycles. The molecule has 1 aliphatic heterocycles. The van der Waals surface area contributed by atoms with E-state index >= 15 is 4.39 Å².